The van der Waals surface area contributed by atoms with Gasteiger partial charge in [-0.2, -0.15) is 13.2 Å². The Morgan fingerprint density at radius 2 is 1.88 bits per heavy atom. The number of hydrogen-bond donors (Lipinski definition) is 1. The quantitative estimate of drug-likeness (QED) is 0.683. The van der Waals surface area contributed by atoms with Crippen molar-refractivity contribution < 1.29 is 41.4 Å². The Kier molecular flexibility index (Phi) is 6.05. The number of Topliss-reactive ketones (excluding diaryl/α,β-unsaturated/α-hetero) is 1. The molecule has 1 N–H and O–H groups in total. The number of ether oxygens (including phenoxy) is 1. The molecule has 1 heterocycles. The molecule has 0 saturated carbocycles. The number of nitrogens with zero attached hydrogens (tertiary/aromatic N) is 1. The van der Waals surface area contributed by atoms with E-state index in [0.29, 0.717) is 12.0 Å². The Morgan fingerprint density at radius 1 is 1.22 bits per heavy atom. The van der Waals surface area contributed by atoms with Crippen molar-refractivity contribution in [3.8, 4) is 5.75 Å². The summed E-state index contributed by atoms with van der Waals surface area (Å²) in [7, 11) is 0. The van der Waals surface area contributed by atoms with Crippen LogP contribution in [0.3, 0.4) is 0 Å². The number of halogens is 5. The van der Waals surface area contributed by atoms with Crippen molar-refractivity contribution in [2.45, 2.75) is 57.0 Å². The molecule has 0 fully saturated rings. The van der Waals surface area contributed by atoms with Crippen molar-refractivity contribution in [3.63, 3.8) is 0 Å². The third-order valence-corrected chi connectivity index (χ3v) is 5.71. The Balaban J connectivity index is 1.97. The number of ketones is 2. The van der Waals surface area contributed by atoms with E-state index in [2.05, 4.69) is 4.99 Å². The lowest BCUT2D eigenvalue weighted by Crippen LogP contribution is -2.52. The van der Waals surface area contributed by atoms with Gasteiger partial charge in [0.1, 0.15) is 17.3 Å². The standard InChI is InChI=1S/C22H22F5NO4/c1-11-6-15(29)17(16(24)18(11)30)28-10-21(31,22(25,26)27)9-20(2,3)14-8-13(23)7-12-4-5-32-19(12)14/h6-8,16,31H,4-5,9-10H2,1-3H3. The van der Waals surface area contributed by atoms with Crippen LogP contribution in [-0.4, -0.2) is 53.5 Å². The number of carbonyl (C=O) groups is 2. The van der Waals surface area contributed by atoms with Gasteiger partial charge in [0.2, 0.25) is 12.0 Å². The second kappa shape index (κ2) is 8.06. The van der Waals surface area contributed by atoms with Crippen LogP contribution in [0.25, 0.3) is 0 Å². The number of aliphatic imine (C=N–C) groups is 1. The molecule has 0 aromatic heterocycles. The van der Waals surface area contributed by atoms with E-state index in [1.54, 1.807) is 0 Å². The van der Waals surface area contributed by atoms with Gasteiger partial charge in [-0.05, 0) is 42.5 Å². The third-order valence-electron chi connectivity index (χ3n) is 5.71. The Bertz CT molecular complexity index is 1030. The van der Waals surface area contributed by atoms with Crippen molar-refractivity contribution in [2.24, 2.45) is 4.99 Å². The fraction of sp³-hybridized carbons (Fsp3) is 0.500. The summed E-state index contributed by atoms with van der Waals surface area (Å²) >= 11 is 0. The minimum atomic E-state index is -5.22. The van der Waals surface area contributed by atoms with Gasteiger partial charge in [-0.25, -0.2) is 8.78 Å². The highest BCUT2D eigenvalue weighted by molar-refractivity contribution is 6.52. The lowest BCUT2D eigenvalue weighted by Gasteiger charge is -2.37. The molecule has 32 heavy (non-hydrogen) atoms. The Labute approximate surface area is 181 Å². The molecule has 0 bridgehead atoms. The van der Waals surface area contributed by atoms with Crippen LogP contribution in [0, 0.1) is 5.82 Å². The van der Waals surface area contributed by atoms with Crippen LogP contribution in [0.5, 0.6) is 5.75 Å². The SMILES string of the molecule is CC1=CC(=O)C(=NCC(O)(CC(C)(C)c2cc(F)cc3c2OCC3)C(F)(F)F)C(F)C1=O. The van der Waals surface area contributed by atoms with Gasteiger partial charge >= 0.3 is 6.18 Å². The first-order valence-corrected chi connectivity index (χ1v) is 9.86. The zero-order valence-corrected chi connectivity index (χ0v) is 17.6. The van der Waals surface area contributed by atoms with Crippen LogP contribution < -0.4 is 4.74 Å². The summed E-state index contributed by atoms with van der Waals surface area (Å²) in [6, 6.07) is 2.30. The topological polar surface area (TPSA) is 76.0 Å². The number of rotatable bonds is 5. The van der Waals surface area contributed by atoms with Crippen molar-refractivity contribution in [3.05, 3.63) is 40.7 Å². The van der Waals surface area contributed by atoms with Gasteiger partial charge in [0.05, 0.1) is 13.2 Å². The maximum absolute atomic E-state index is 14.2. The van der Waals surface area contributed by atoms with E-state index in [9.17, 15) is 36.6 Å². The number of benzene rings is 1. The van der Waals surface area contributed by atoms with Gasteiger partial charge < -0.3 is 9.84 Å². The molecule has 0 radical (unpaired) electrons. The van der Waals surface area contributed by atoms with Gasteiger partial charge in [-0.15, -0.1) is 0 Å². The molecule has 2 atom stereocenters. The minimum Gasteiger partial charge on any atom is -0.493 e. The largest absolute Gasteiger partial charge is 0.493 e. The van der Waals surface area contributed by atoms with E-state index >= 15 is 0 Å². The predicted octanol–water partition coefficient (Wildman–Crippen LogP) is 3.60. The van der Waals surface area contributed by atoms with Crippen LogP contribution in [0.2, 0.25) is 0 Å². The first kappa shape index (κ1) is 24.0. The maximum Gasteiger partial charge on any atom is 0.419 e. The Morgan fingerprint density at radius 3 is 2.50 bits per heavy atom. The molecule has 1 aliphatic heterocycles. The van der Waals surface area contributed by atoms with Gasteiger partial charge in [0.25, 0.3) is 0 Å². The molecule has 3 rings (SSSR count). The van der Waals surface area contributed by atoms with Crippen molar-refractivity contribution in [1.29, 1.82) is 0 Å². The monoisotopic (exact) mass is 459 g/mol. The summed E-state index contributed by atoms with van der Waals surface area (Å²) < 4.78 is 75.5. The van der Waals surface area contributed by atoms with Crippen molar-refractivity contribution in [2.75, 3.05) is 13.2 Å². The number of alkyl halides is 4. The summed E-state index contributed by atoms with van der Waals surface area (Å²) in [5, 5.41) is 10.6. The highest BCUT2D eigenvalue weighted by atomic mass is 19.4. The van der Waals surface area contributed by atoms with Crippen LogP contribution in [0.4, 0.5) is 22.0 Å². The molecule has 174 valence electrons. The summed E-state index contributed by atoms with van der Waals surface area (Å²) in [5.74, 6) is -2.49. The molecular weight excluding hydrogens is 437 g/mol. The first-order chi connectivity index (χ1) is 14.7. The maximum atomic E-state index is 14.2. The molecule has 1 aromatic carbocycles. The highest BCUT2D eigenvalue weighted by Crippen LogP contribution is 2.46. The van der Waals surface area contributed by atoms with Crippen LogP contribution in [0.15, 0.2) is 28.8 Å². The summed E-state index contributed by atoms with van der Waals surface area (Å²) in [5.41, 5.74) is -5.44. The lowest BCUT2D eigenvalue weighted by atomic mass is 9.74. The molecule has 2 unspecified atom stereocenters. The smallest absolute Gasteiger partial charge is 0.419 e. The molecule has 5 nitrogen and oxygen atoms in total. The second-order valence-corrected chi connectivity index (χ2v) is 8.75. The predicted molar refractivity (Wildman–Crippen MR) is 105 cm³/mol. The zero-order chi connectivity index (χ0) is 24.1. The molecule has 1 aromatic rings. The fourth-order valence-electron chi connectivity index (χ4n) is 4.01. The van der Waals surface area contributed by atoms with Gasteiger partial charge in [-0.1, -0.05) is 13.8 Å². The van der Waals surface area contributed by atoms with E-state index in [-0.39, 0.29) is 23.5 Å². The van der Waals surface area contributed by atoms with E-state index in [1.165, 1.54) is 26.8 Å². The van der Waals surface area contributed by atoms with Gasteiger partial charge in [0, 0.05) is 17.5 Å². The summed E-state index contributed by atoms with van der Waals surface area (Å²) in [6.45, 7) is 2.82. The molecule has 1 aliphatic carbocycles. The number of allylic oxidation sites excluding steroid dienone is 2. The molecule has 0 saturated heterocycles. The van der Waals surface area contributed by atoms with E-state index in [0.717, 1.165) is 12.1 Å². The number of aliphatic hydroxyl groups is 1. The van der Waals surface area contributed by atoms with E-state index in [1.807, 2.05) is 0 Å². The van der Waals surface area contributed by atoms with Crippen LogP contribution in [0.1, 0.15) is 38.3 Å². The fourth-order valence-corrected chi connectivity index (χ4v) is 4.01. The zero-order valence-electron chi connectivity index (χ0n) is 17.6. The summed E-state index contributed by atoms with van der Waals surface area (Å²) in [4.78, 5) is 27.1. The van der Waals surface area contributed by atoms with Gasteiger partial charge in [-0.3, -0.25) is 14.6 Å². The van der Waals surface area contributed by atoms with E-state index in [4.69, 9.17) is 4.74 Å². The van der Waals surface area contributed by atoms with Crippen molar-refractivity contribution in [1.82, 2.24) is 0 Å². The van der Waals surface area contributed by atoms with Crippen LogP contribution >= 0.6 is 0 Å². The number of carbonyl (C=O) groups excluding carboxylic acids is 2. The third kappa shape index (κ3) is 4.32. The molecule has 2 aliphatic rings. The second-order valence-electron chi connectivity index (χ2n) is 8.75. The van der Waals surface area contributed by atoms with Gasteiger partial charge in [0.15, 0.2) is 11.4 Å². The normalized spacial score (nSPS) is 22.5. The number of fused-ring (bicyclic) bond motifs is 1. The number of hydrogen-bond acceptors (Lipinski definition) is 5. The van der Waals surface area contributed by atoms with Crippen LogP contribution in [-0.2, 0) is 21.4 Å². The first-order valence-electron chi connectivity index (χ1n) is 9.86. The highest BCUT2D eigenvalue weighted by Gasteiger charge is 2.56. The molecule has 0 amide bonds. The van der Waals surface area contributed by atoms with Crippen molar-refractivity contribution >= 4 is 17.3 Å². The molecular formula is C22H22F5NO4. The van der Waals surface area contributed by atoms with E-state index < -0.39 is 59.4 Å². The lowest BCUT2D eigenvalue weighted by molar-refractivity contribution is -0.262. The minimum absolute atomic E-state index is 0.145. The Hall–Kier alpha value is -2.62. The average molecular weight is 459 g/mol. The molecule has 10 heteroatoms. The summed E-state index contributed by atoms with van der Waals surface area (Å²) in [6.07, 6.45) is -7.51. The molecule has 0 spiro atoms. The average Bonchev–Trinajstić information content (AvgIpc) is 3.12.